The predicted octanol–water partition coefficient (Wildman–Crippen LogP) is 2.97. The molecule has 1 aliphatic rings. The van der Waals surface area contributed by atoms with Crippen LogP contribution in [0.15, 0.2) is 55.1 Å². The Kier molecular flexibility index (Phi) is 5.35. The molecule has 27 heavy (non-hydrogen) atoms. The quantitative estimate of drug-likeness (QED) is 0.820. The first-order valence-corrected chi connectivity index (χ1v) is 8.68. The lowest BCUT2D eigenvalue weighted by Crippen LogP contribution is -2.36. The Morgan fingerprint density at radius 2 is 1.70 bits per heavy atom. The lowest BCUT2D eigenvalue weighted by atomic mass is 9.98. The molecule has 1 heterocycles. The first kappa shape index (κ1) is 18.4. The monoisotopic (exact) mass is 363 g/mol. The van der Waals surface area contributed by atoms with Gasteiger partial charge >= 0.3 is 0 Å². The third-order valence-corrected chi connectivity index (χ3v) is 4.41. The summed E-state index contributed by atoms with van der Waals surface area (Å²) in [6.07, 6.45) is 1.97. The van der Waals surface area contributed by atoms with E-state index in [9.17, 15) is 14.4 Å². The van der Waals surface area contributed by atoms with Crippen LogP contribution in [0, 0.1) is 0 Å². The van der Waals surface area contributed by atoms with Crippen LogP contribution < -0.4 is 10.6 Å². The van der Waals surface area contributed by atoms with Crippen molar-refractivity contribution in [2.45, 2.75) is 19.9 Å². The fourth-order valence-electron chi connectivity index (χ4n) is 3.08. The predicted molar refractivity (Wildman–Crippen MR) is 104 cm³/mol. The largest absolute Gasteiger partial charge is 0.334 e. The van der Waals surface area contributed by atoms with E-state index in [0.29, 0.717) is 24.3 Å². The number of nitrogens with zero attached hydrogens (tertiary/aromatic N) is 1. The van der Waals surface area contributed by atoms with Gasteiger partial charge in [0, 0.05) is 37.0 Å². The van der Waals surface area contributed by atoms with Gasteiger partial charge in [0.25, 0.3) is 5.91 Å². The highest BCUT2D eigenvalue weighted by Crippen LogP contribution is 2.24. The van der Waals surface area contributed by atoms with E-state index in [1.807, 2.05) is 18.2 Å². The lowest BCUT2D eigenvalue weighted by Gasteiger charge is -2.29. The van der Waals surface area contributed by atoms with Crippen LogP contribution in [0.25, 0.3) is 0 Å². The Morgan fingerprint density at radius 1 is 1.00 bits per heavy atom. The number of hydrogen-bond acceptors (Lipinski definition) is 3. The van der Waals surface area contributed by atoms with Crippen LogP contribution in [0.5, 0.6) is 0 Å². The summed E-state index contributed by atoms with van der Waals surface area (Å²) in [6.45, 7) is 6.01. The molecule has 2 aromatic rings. The van der Waals surface area contributed by atoms with Gasteiger partial charge in [-0.3, -0.25) is 14.4 Å². The normalized spacial score (nSPS) is 12.7. The molecule has 2 N–H and O–H groups in total. The Morgan fingerprint density at radius 3 is 2.37 bits per heavy atom. The summed E-state index contributed by atoms with van der Waals surface area (Å²) in [5, 5.41) is 5.43. The maximum atomic E-state index is 12.8. The summed E-state index contributed by atoms with van der Waals surface area (Å²) in [5.41, 5.74) is 4.14. The molecule has 0 saturated carbocycles. The zero-order valence-corrected chi connectivity index (χ0v) is 15.1. The summed E-state index contributed by atoms with van der Waals surface area (Å²) < 4.78 is 0. The maximum Gasteiger partial charge on any atom is 0.254 e. The number of amides is 3. The van der Waals surface area contributed by atoms with E-state index in [1.165, 1.54) is 18.6 Å². The fraction of sp³-hybridized carbons (Fsp3) is 0.190. The molecule has 0 fully saturated rings. The van der Waals surface area contributed by atoms with Gasteiger partial charge in [-0.25, -0.2) is 0 Å². The maximum absolute atomic E-state index is 12.8. The molecule has 1 aliphatic heterocycles. The number of rotatable bonds is 4. The number of nitrogens with one attached hydrogen (secondary N) is 2. The molecule has 6 nitrogen and oxygen atoms in total. The molecule has 3 amide bonds. The van der Waals surface area contributed by atoms with Gasteiger partial charge in [0.05, 0.1) is 0 Å². The minimum atomic E-state index is -0.295. The molecule has 0 unspecified atom stereocenters. The van der Waals surface area contributed by atoms with Crippen LogP contribution in [0.4, 0.5) is 11.4 Å². The number of anilines is 2. The van der Waals surface area contributed by atoms with E-state index in [-0.39, 0.29) is 17.7 Å². The van der Waals surface area contributed by atoms with E-state index in [1.54, 1.807) is 29.2 Å². The first-order chi connectivity index (χ1) is 13.0. The molecule has 0 radical (unpaired) electrons. The van der Waals surface area contributed by atoms with Gasteiger partial charge in [-0.2, -0.15) is 0 Å². The van der Waals surface area contributed by atoms with Gasteiger partial charge in [0.15, 0.2) is 0 Å². The van der Waals surface area contributed by atoms with Crippen LogP contribution in [0.3, 0.4) is 0 Å². The average Bonchev–Trinajstić information content (AvgIpc) is 2.67. The molecular formula is C21H21N3O3. The van der Waals surface area contributed by atoms with E-state index in [4.69, 9.17) is 0 Å². The van der Waals surface area contributed by atoms with Gasteiger partial charge < -0.3 is 15.5 Å². The van der Waals surface area contributed by atoms with Crippen LogP contribution in [-0.4, -0.2) is 29.2 Å². The van der Waals surface area contributed by atoms with Gasteiger partial charge in [-0.05, 0) is 60.0 Å². The summed E-state index contributed by atoms with van der Waals surface area (Å²) in [7, 11) is 0. The minimum Gasteiger partial charge on any atom is -0.334 e. The number of carbonyl (C=O) groups is 3. The molecular weight excluding hydrogens is 342 g/mol. The number of hydrogen-bond donors (Lipinski definition) is 2. The average molecular weight is 363 g/mol. The molecule has 138 valence electrons. The summed E-state index contributed by atoms with van der Waals surface area (Å²) in [6, 6.07) is 12.6. The van der Waals surface area contributed by atoms with E-state index in [0.717, 1.165) is 17.7 Å². The van der Waals surface area contributed by atoms with Crippen LogP contribution in [-0.2, 0) is 22.6 Å². The molecule has 0 saturated heterocycles. The van der Waals surface area contributed by atoms with E-state index >= 15 is 0 Å². The van der Waals surface area contributed by atoms with Gasteiger partial charge in [-0.15, -0.1) is 0 Å². The molecule has 0 aromatic heterocycles. The second kappa shape index (κ2) is 7.86. The van der Waals surface area contributed by atoms with E-state index < -0.39 is 0 Å². The highest BCUT2D eigenvalue weighted by atomic mass is 16.2. The fourth-order valence-corrected chi connectivity index (χ4v) is 3.08. The molecule has 2 aromatic carbocycles. The second-order valence-corrected chi connectivity index (χ2v) is 6.41. The van der Waals surface area contributed by atoms with Gasteiger partial charge in [-0.1, -0.05) is 12.6 Å². The van der Waals surface area contributed by atoms with Gasteiger partial charge in [0.1, 0.15) is 0 Å². The third kappa shape index (κ3) is 4.41. The summed E-state index contributed by atoms with van der Waals surface area (Å²) in [4.78, 5) is 37.2. The molecule has 0 bridgehead atoms. The lowest BCUT2D eigenvalue weighted by molar-refractivity contribution is -0.114. The molecule has 0 atom stereocenters. The van der Waals surface area contributed by atoms with Crippen molar-refractivity contribution in [1.82, 2.24) is 4.90 Å². The SMILES string of the molecule is C=CC(=O)Nc1ccc(C(=O)N2CCc3ccc(NC(C)=O)cc3C2)cc1. The highest BCUT2D eigenvalue weighted by molar-refractivity contribution is 5.99. The van der Waals surface area contributed by atoms with Crippen molar-refractivity contribution in [2.75, 3.05) is 17.2 Å². The topological polar surface area (TPSA) is 78.5 Å². The first-order valence-electron chi connectivity index (χ1n) is 8.68. The van der Waals surface area contributed by atoms with Crippen molar-refractivity contribution in [3.05, 3.63) is 71.8 Å². The van der Waals surface area contributed by atoms with E-state index in [2.05, 4.69) is 17.2 Å². The molecule has 3 rings (SSSR count). The van der Waals surface area contributed by atoms with Crippen molar-refractivity contribution < 1.29 is 14.4 Å². The molecule has 0 spiro atoms. The zero-order valence-electron chi connectivity index (χ0n) is 15.1. The Hall–Kier alpha value is -3.41. The smallest absolute Gasteiger partial charge is 0.254 e. The minimum absolute atomic E-state index is 0.0628. The van der Waals surface area contributed by atoms with Crippen LogP contribution >= 0.6 is 0 Å². The van der Waals surface area contributed by atoms with Gasteiger partial charge in [0.2, 0.25) is 11.8 Å². The standard InChI is InChI=1S/C21H21N3O3/c1-3-20(26)23-18-7-5-16(6-8-18)21(27)24-11-10-15-4-9-19(22-14(2)25)12-17(15)13-24/h3-9,12H,1,10-11,13H2,2H3,(H,22,25)(H,23,26). The number of fused-ring (bicyclic) bond motifs is 1. The molecule has 6 heteroatoms. The van der Waals surface area contributed by atoms with Crippen molar-refractivity contribution in [3.63, 3.8) is 0 Å². The highest BCUT2D eigenvalue weighted by Gasteiger charge is 2.22. The molecule has 0 aliphatic carbocycles. The Labute approximate surface area is 157 Å². The Bertz CT molecular complexity index is 903. The number of benzene rings is 2. The third-order valence-electron chi connectivity index (χ3n) is 4.41. The van der Waals surface area contributed by atoms with Crippen molar-refractivity contribution in [2.24, 2.45) is 0 Å². The Balaban J connectivity index is 1.72. The van der Waals surface area contributed by atoms with Crippen molar-refractivity contribution in [3.8, 4) is 0 Å². The zero-order chi connectivity index (χ0) is 19.4. The van der Waals surface area contributed by atoms with Crippen molar-refractivity contribution >= 4 is 29.1 Å². The summed E-state index contributed by atoms with van der Waals surface area (Å²) in [5.74, 6) is -0.480. The van der Waals surface area contributed by atoms with Crippen LogP contribution in [0.2, 0.25) is 0 Å². The summed E-state index contributed by atoms with van der Waals surface area (Å²) >= 11 is 0. The number of carbonyl (C=O) groups excluding carboxylic acids is 3. The second-order valence-electron chi connectivity index (χ2n) is 6.41. The van der Waals surface area contributed by atoms with Crippen molar-refractivity contribution in [1.29, 1.82) is 0 Å². The van der Waals surface area contributed by atoms with Crippen LogP contribution in [0.1, 0.15) is 28.4 Å².